The standard InChI is InChI=1S/C16H14ClFO2/c1-20-16(19)9-4-11-2-5-12(6-3-11)13-7-8-15(18)14(17)10-13/h2-3,5-8,10H,4,9H2,1H3. The minimum absolute atomic E-state index is 0.109. The molecule has 4 heteroatoms. The summed E-state index contributed by atoms with van der Waals surface area (Å²) in [7, 11) is 1.38. The topological polar surface area (TPSA) is 26.3 Å². The van der Waals surface area contributed by atoms with Crippen molar-refractivity contribution in [2.24, 2.45) is 0 Å². The molecule has 0 aromatic heterocycles. The lowest BCUT2D eigenvalue weighted by molar-refractivity contribution is -0.140. The van der Waals surface area contributed by atoms with Crippen LogP contribution in [0.3, 0.4) is 0 Å². The fourth-order valence-electron chi connectivity index (χ4n) is 1.89. The van der Waals surface area contributed by atoms with Gasteiger partial charge < -0.3 is 4.74 Å². The number of aryl methyl sites for hydroxylation is 1. The van der Waals surface area contributed by atoms with Gasteiger partial charge in [-0.25, -0.2) is 4.39 Å². The van der Waals surface area contributed by atoms with E-state index in [1.54, 1.807) is 12.1 Å². The molecule has 2 nitrogen and oxygen atoms in total. The second-order valence-electron chi connectivity index (χ2n) is 4.40. The number of carbonyl (C=O) groups is 1. The van der Waals surface area contributed by atoms with Crippen molar-refractivity contribution in [2.75, 3.05) is 7.11 Å². The molecule has 0 amide bonds. The van der Waals surface area contributed by atoms with E-state index in [1.807, 2.05) is 24.3 Å². The zero-order valence-electron chi connectivity index (χ0n) is 11.0. The Morgan fingerprint density at radius 2 is 1.80 bits per heavy atom. The van der Waals surface area contributed by atoms with Crippen LogP contribution in [0.25, 0.3) is 11.1 Å². The van der Waals surface area contributed by atoms with Gasteiger partial charge in [0, 0.05) is 6.42 Å². The fraction of sp³-hybridized carbons (Fsp3) is 0.188. The molecule has 0 bridgehead atoms. The van der Waals surface area contributed by atoms with E-state index in [2.05, 4.69) is 4.74 Å². The van der Waals surface area contributed by atoms with Crippen LogP contribution in [0.5, 0.6) is 0 Å². The molecule has 0 spiro atoms. The van der Waals surface area contributed by atoms with Gasteiger partial charge in [-0.15, -0.1) is 0 Å². The molecule has 2 rings (SSSR count). The van der Waals surface area contributed by atoms with Crippen molar-refractivity contribution in [3.8, 4) is 11.1 Å². The van der Waals surface area contributed by atoms with Gasteiger partial charge in [0.05, 0.1) is 12.1 Å². The van der Waals surface area contributed by atoms with Gasteiger partial charge in [0.25, 0.3) is 0 Å². The summed E-state index contributed by atoms with van der Waals surface area (Å²) in [6, 6.07) is 12.4. The van der Waals surface area contributed by atoms with Crippen LogP contribution in [0.4, 0.5) is 4.39 Å². The molecule has 0 heterocycles. The van der Waals surface area contributed by atoms with Crippen LogP contribution >= 0.6 is 11.6 Å². The molecular formula is C16H14ClFO2. The SMILES string of the molecule is COC(=O)CCc1ccc(-c2ccc(F)c(Cl)c2)cc1. The average Bonchev–Trinajstić information content (AvgIpc) is 2.48. The summed E-state index contributed by atoms with van der Waals surface area (Å²) in [4.78, 5) is 11.1. The second kappa shape index (κ2) is 6.53. The Balaban J connectivity index is 2.11. The number of carbonyl (C=O) groups excluding carboxylic acids is 1. The molecule has 2 aromatic carbocycles. The molecule has 0 aliphatic carbocycles. The van der Waals surface area contributed by atoms with Crippen molar-refractivity contribution in [3.63, 3.8) is 0 Å². The van der Waals surface area contributed by atoms with Crippen molar-refractivity contribution in [1.29, 1.82) is 0 Å². The summed E-state index contributed by atoms with van der Waals surface area (Å²) < 4.78 is 17.7. The maximum atomic E-state index is 13.1. The first kappa shape index (κ1) is 14.5. The summed E-state index contributed by atoms with van der Waals surface area (Å²) in [6.45, 7) is 0. The average molecular weight is 293 g/mol. The first-order chi connectivity index (χ1) is 9.60. The predicted octanol–water partition coefficient (Wildman–Crippen LogP) is 4.25. The quantitative estimate of drug-likeness (QED) is 0.787. The number of hydrogen-bond donors (Lipinski definition) is 0. The minimum atomic E-state index is -0.426. The lowest BCUT2D eigenvalue weighted by atomic mass is 10.0. The molecule has 0 radical (unpaired) electrons. The van der Waals surface area contributed by atoms with Crippen LogP contribution in [-0.2, 0) is 16.0 Å². The van der Waals surface area contributed by atoms with Crippen molar-refractivity contribution < 1.29 is 13.9 Å². The first-order valence-corrected chi connectivity index (χ1v) is 6.59. The van der Waals surface area contributed by atoms with Gasteiger partial charge in [-0.2, -0.15) is 0 Å². The maximum absolute atomic E-state index is 13.1. The minimum Gasteiger partial charge on any atom is -0.469 e. The summed E-state index contributed by atoms with van der Waals surface area (Å²) in [6.07, 6.45) is 0.995. The van der Waals surface area contributed by atoms with E-state index in [-0.39, 0.29) is 11.0 Å². The molecule has 20 heavy (non-hydrogen) atoms. The summed E-state index contributed by atoms with van der Waals surface area (Å²) >= 11 is 5.77. The Morgan fingerprint density at radius 3 is 2.40 bits per heavy atom. The van der Waals surface area contributed by atoms with E-state index in [9.17, 15) is 9.18 Å². The zero-order chi connectivity index (χ0) is 14.5. The third-order valence-corrected chi connectivity index (χ3v) is 3.34. The lowest BCUT2D eigenvalue weighted by Gasteiger charge is -2.05. The highest BCUT2D eigenvalue weighted by molar-refractivity contribution is 6.31. The van der Waals surface area contributed by atoms with Gasteiger partial charge >= 0.3 is 5.97 Å². The van der Waals surface area contributed by atoms with Crippen LogP contribution in [0, 0.1) is 5.82 Å². The highest BCUT2D eigenvalue weighted by Gasteiger charge is 2.04. The maximum Gasteiger partial charge on any atom is 0.305 e. The fourth-order valence-corrected chi connectivity index (χ4v) is 2.07. The van der Waals surface area contributed by atoms with Crippen molar-refractivity contribution in [3.05, 3.63) is 58.9 Å². The van der Waals surface area contributed by atoms with Gasteiger partial charge in [-0.1, -0.05) is 41.9 Å². The van der Waals surface area contributed by atoms with Crippen molar-refractivity contribution in [1.82, 2.24) is 0 Å². The molecular weight excluding hydrogens is 279 g/mol. The summed E-state index contributed by atoms with van der Waals surface area (Å²) in [5, 5.41) is 0.109. The van der Waals surface area contributed by atoms with E-state index >= 15 is 0 Å². The third-order valence-electron chi connectivity index (χ3n) is 3.05. The molecule has 0 aliphatic rings. The Bertz CT molecular complexity index is 608. The molecule has 0 saturated heterocycles. The van der Waals surface area contributed by atoms with Crippen LogP contribution in [0.2, 0.25) is 5.02 Å². The van der Waals surface area contributed by atoms with Gasteiger partial charge in [0.2, 0.25) is 0 Å². The monoisotopic (exact) mass is 292 g/mol. The number of rotatable bonds is 4. The van der Waals surface area contributed by atoms with E-state index in [0.29, 0.717) is 12.8 Å². The Hall–Kier alpha value is -1.87. The predicted molar refractivity (Wildman–Crippen MR) is 77.2 cm³/mol. The summed E-state index contributed by atoms with van der Waals surface area (Å²) in [5.41, 5.74) is 2.86. The highest BCUT2D eigenvalue weighted by Crippen LogP contribution is 2.25. The number of halogens is 2. The zero-order valence-corrected chi connectivity index (χ0v) is 11.8. The van der Waals surface area contributed by atoms with Crippen LogP contribution in [-0.4, -0.2) is 13.1 Å². The molecule has 0 atom stereocenters. The Kier molecular flexibility index (Phi) is 4.74. The molecule has 0 N–H and O–H groups in total. The van der Waals surface area contributed by atoms with Crippen LogP contribution in [0.1, 0.15) is 12.0 Å². The Morgan fingerprint density at radius 1 is 1.15 bits per heavy atom. The van der Waals surface area contributed by atoms with Gasteiger partial charge in [-0.3, -0.25) is 4.79 Å². The number of esters is 1. The number of hydrogen-bond acceptors (Lipinski definition) is 2. The normalized spacial score (nSPS) is 10.3. The van der Waals surface area contributed by atoms with Crippen LogP contribution < -0.4 is 0 Å². The number of methoxy groups -OCH3 is 1. The van der Waals surface area contributed by atoms with Gasteiger partial charge in [0.1, 0.15) is 5.82 Å². The number of ether oxygens (including phenoxy) is 1. The molecule has 0 saturated carbocycles. The van der Waals surface area contributed by atoms with E-state index in [0.717, 1.165) is 16.7 Å². The van der Waals surface area contributed by atoms with Gasteiger partial charge in [0.15, 0.2) is 0 Å². The smallest absolute Gasteiger partial charge is 0.305 e. The van der Waals surface area contributed by atoms with Crippen molar-refractivity contribution >= 4 is 17.6 Å². The molecule has 0 unspecified atom stereocenters. The lowest BCUT2D eigenvalue weighted by Crippen LogP contribution is -2.01. The molecule has 104 valence electrons. The third kappa shape index (κ3) is 3.58. The first-order valence-electron chi connectivity index (χ1n) is 6.21. The number of benzene rings is 2. The van der Waals surface area contributed by atoms with Crippen molar-refractivity contribution in [2.45, 2.75) is 12.8 Å². The Labute approximate surface area is 122 Å². The molecule has 0 aliphatic heterocycles. The van der Waals surface area contributed by atoms with E-state index in [4.69, 9.17) is 11.6 Å². The largest absolute Gasteiger partial charge is 0.469 e. The molecule has 2 aromatic rings. The van der Waals surface area contributed by atoms with Gasteiger partial charge in [-0.05, 0) is 35.2 Å². The van der Waals surface area contributed by atoms with Crippen LogP contribution in [0.15, 0.2) is 42.5 Å². The second-order valence-corrected chi connectivity index (χ2v) is 4.81. The molecule has 0 fully saturated rings. The summed E-state index contributed by atoms with van der Waals surface area (Å²) in [5.74, 6) is -0.649. The highest BCUT2D eigenvalue weighted by atomic mass is 35.5. The van der Waals surface area contributed by atoms with E-state index in [1.165, 1.54) is 13.2 Å². The van der Waals surface area contributed by atoms with E-state index < -0.39 is 5.82 Å².